The third-order valence-corrected chi connectivity index (χ3v) is 5.46. The summed E-state index contributed by atoms with van der Waals surface area (Å²) in [6.45, 7) is 4.80. The van der Waals surface area contributed by atoms with Crippen LogP contribution in [-0.2, 0) is 14.4 Å². The molecule has 2 amide bonds. The summed E-state index contributed by atoms with van der Waals surface area (Å²) in [6.07, 6.45) is 5.90. The van der Waals surface area contributed by atoms with Crippen molar-refractivity contribution in [3.63, 3.8) is 0 Å². The van der Waals surface area contributed by atoms with Crippen molar-refractivity contribution < 1.29 is 19.5 Å². The van der Waals surface area contributed by atoms with Gasteiger partial charge in [-0.15, -0.1) is 0 Å². The van der Waals surface area contributed by atoms with Crippen LogP contribution in [-0.4, -0.2) is 46.9 Å². The van der Waals surface area contributed by atoms with Crippen LogP contribution in [0.2, 0.25) is 0 Å². The molecule has 1 aliphatic heterocycles. The summed E-state index contributed by atoms with van der Waals surface area (Å²) in [5, 5.41) is 11.9. The van der Waals surface area contributed by atoms with E-state index < -0.39 is 11.9 Å². The molecule has 0 aromatic carbocycles. The molecule has 0 spiro atoms. The van der Waals surface area contributed by atoms with Crippen LogP contribution in [0.1, 0.15) is 58.8 Å². The molecule has 2 aliphatic rings. The van der Waals surface area contributed by atoms with Crippen LogP contribution < -0.4 is 5.32 Å². The van der Waals surface area contributed by atoms with E-state index in [0.717, 1.165) is 38.0 Å². The number of hydrogen-bond acceptors (Lipinski definition) is 3. The molecule has 24 heavy (non-hydrogen) atoms. The highest BCUT2D eigenvalue weighted by Gasteiger charge is 2.38. The van der Waals surface area contributed by atoms with Gasteiger partial charge in [0.25, 0.3) is 0 Å². The Bertz CT molecular complexity index is 472. The summed E-state index contributed by atoms with van der Waals surface area (Å²) in [7, 11) is 0. The van der Waals surface area contributed by atoms with Gasteiger partial charge in [-0.3, -0.25) is 14.4 Å². The van der Waals surface area contributed by atoms with Gasteiger partial charge in [0, 0.05) is 25.6 Å². The minimum atomic E-state index is -0.877. The Balaban J connectivity index is 1.83. The molecule has 0 aromatic rings. The van der Waals surface area contributed by atoms with E-state index in [1.54, 1.807) is 0 Å². The number of carbonyl (C=O) groups excluding carboxylic acids is 2. The second-order valence-corrected chi connectivity index (χ2v) is 7.43. The van der Waals surface area contributed by atoms with Crippen LogP contribution in [0, 0.1) is 17.8 Å². The van der Waals surface area contributed by atoms with Crippen LogP contribution >= 0.6 is 0 Å². The average molecular weight is 338 g/mol. The van der Waals surface area contributed by atoms with Crippen LogP contribution in [0.25, 0.3) is 0 Å². The average Bonchev–Trinajstić information content (AvgIpc) is 2.93. The fourth-order valence-corrected chi connectivity index (χ4v) is 3.84. The van der Waals surface area contributed by atoms with Crippen LogP contribution in [0.5, 0.6) is 0 Å². The highest BCUT2D eigenvalue weighted by atomic mass is 16.4. The molecule has 0 aromatic heterocycles. The molecule has 2 fully saturated rings. The Kier molecular flexibility index (Phi) is 6.63. The Labute approximate surface area is 144 Å². The van der Waals surface area contributed by atoms with Crippen molar-refractivity contribution in [1.82, 2.24) is 10.2 Å². The molecule has 136 valence electrons. The maximum Gasteiger partial charge on any atom is 0.308 e. The number of rotatable bonds is 7. The van der Waals surface area contributed by atoms with E-state index in [-0.39, 0.29) is 36.7 Å². The van der Waals surface area contributed by atoms with Crippen LogP contribution in [0.15, 0.2) is 0 Å². The molecule has 2 rings (SSSR count). The highest BCUT2D eigenvalue weighted by Crippen LogP contribution is 2.31. The van der Waals surface area contributed by atoms with Crippen molar-refractivity contribution >= 4 is 17.8 Å². The van der Waals surface area contributed by atoms with Crippen molar-refractivity contribution in [2.45, 2.75) is 64.8 Å². The number of nitrogens with zero attached hydrogens (tertiary/aromatic N) is 1. The zero-order valence-electron chi connectivity index (χ0n) is 14.8. The summed E-state index contributed by atoms with van der Waals surface area (Å²) in [6, 6.07) is 0.276. The minimum absolute atomic E-state index is 0.0676. The maximum absolute atomic E-state index is 12.3. The van der Waals surface area contributed by atoms with Crippen molar-refractivity contribution in [3.05, 3.63) is 0 Å². The van der Waals surface area contributed by atoms with E-state index in [9.17, 15) is 14.4 Å². The Morgan fingerprint density at radius 1 is 1.29 bits per heavy atom. The lowest BCUT2D eigenvalue weighted by Gasteiger charge is -2.33. The monoisotopic (exact) mass is 338 g/mol. The number of hydrogen-bond donors (Lipinski definition) is 2. The van der Waals surface area contributed by atoms with E-state index in [2.05, 4.69) is 12.2 Å². The van der Waals surface area contributed by atoms with Crippen molar-refractivity contribution in [2.24, 2.45) is 17.8 Å². The molecule has 2 N–H and O–H groups in total. The smallest absolute Gasteiger partial charge is 0.308 e. The second kappa shape index (κ2) is 8.49. The lowest BCUT2D eigenvalue weighted by Crippen LogP contribution is -2.41. The summed E-state index contributed by atoms with van der Waals surface area (Å²) in [5.74, 6) is -1.16. The number of amides is 2. The molecular weight excluding hydrogens is 308 g/mol. The van der Waals surface area contributed by atoms with E-state index in [4.69, 9.17) is 5.11 Å². The minimum Gasteiger partial charge on any atom is -0.481 e. The number of likely N-dealkylation sites (tertiary alicyclic amines) is 1. The quantitative estimate of drug-likeness (QED) is 0.743. The molecule has 1 saturated carbocycles. The molecule has 1 heterocycles. The van der Waals surface area contributed by atoms with Gasteiger partial charge in [0.15, 0.2) is 0 Å². The molecule has 0 bridgehead atoms. The second-order valence-electron chi connectivity index (χ2n) is 7.43. The lowest BCUT2D eigenvalue weighted by molar-refractivity contribution is -0.142. The fourth-order valence-electron chi connectivity index (χ4n) is 3.84. The summed E-state index contributed by atoms with van der Waals surface area (Å²) >= 11 is 0. The van der Waals surface area contributed by atoms with Gasteiger partial charge in [0.2, 0.25) is 11.8 Å². The molecule has 6 heteroatoms. The molecule has 1 saturated heterocycles. The standard InChI is InChI=1S/C18H30N2O4/c1-3-4-13(18(23)24)10-19-17(22)14-9-16(21)20(11-14)15-7-5-12(2)6-8-15/h12-15H,3-11H2,1-2H3,(H,19,22)(H,23,24). The Hall–Kier alpha value is -1.59. The van der Waals surface area contributed by atoms with Crippen molar-refractivity contribution in [1.29, 1.82) is 0 Å². The Morgan fingerprint density at radius 2 is 1.96 bits per heavy atom. The van der Waals surface area contributed by atoms with Gasteiger partial charge < -0.3 is 15.3 Å². The summed E-state index contributed by atoms with van der Waals surface area (Å²) < 4.78 is 0. The SMILES string of the molecule is CCCC(CNC(=O)C1CC(=O)N(C2CCC(C)CC2)C1)C(=O)O. The summed E-state index contributed by atoms with van der Waals surface area (Å²) in [4.78, 5) is 37.6. The topological polar surface area (TPSA) is 86.7 Å². The number of carbonyl (C=O) groups is 3. The van der Waals surface area contributed by atoms with Crippen LogP contribution in [0.3, 0.4) is 0 Å². The van der Waals surface area contributed by atoms with Crippen molar-refractivity contribution in [3.8, 4) is 0 Å². The van der Waals surface area contributed by atoms with Gasteiger partial charge in [0.05, 0.1) is 11.8 Å². The predicted octanol–water partition coefficient (Wildman–Crippen LogP) is 2.03. The van der Waals surface area contributed by atoms with E-state index >= 15 is 0 Å². The number of nitrogens with one attached hydrogen (secondary N) is 1. The zero-order valence-corrected chi connectivity index (χ0v) is 14.8. The highest BCUT2D eigenvalue weighted by molar-refractivity contribution is 5.89. The zero-order chi connectivity index (χ0) is 17.7. The number of carboxylic acids is 1. The lowest BCUT2D eigenvalue weighted by atomic mass is 9.87. The first-order valence-corrected chi connectivity index (χ1v) is 9.22. The largest absolute Gasteiger partial charge is 0.481 e. The van der Waals surface area contributed by atoms with E-state index in [1.165, 1.54) is 0 Å². The van der Waals surface area contributed by atoms with Crippen LogP contribution in [0.4, 0.5) is 0 Å². The van der Waals surface area contributed by atoms with E-state index in [0.29, 0.717) is 13.0 Å². The molecule has 2 unspecified atom stereocenters. The molecule has 6 nitrogen and oxygen atoms in total. The van der Waals surface area contributed by atoms with E-state index in [1.807, 2.05) is 11.8 Å². The van der Waals surface area contributed by atoms with Gasteiger partial charge >= 0.3 is 5.97 Å². The number of carboxylic acid groups (broad SMARTS) is 1. The maximum atomic E-state index is 12.3. The van der Waals surface area contributed by atoms with Gasteiger partial charge in [-0.1, -0.05) is 20.3 Å². The fraction of sp³-hybridized carbons (Fsp3) is 0.833. The molecule has 1 aliphatic carbocycles. The predicted molar refractivity (Wildman–Crippen MR) is 90.3 cm³/mol. The Morgan fingerprint density at radius 3 is 2.54 bits per heavy atom. The first-order valence-electron chi connectivity index (χ1n) is 9.22. The first kappa shape index (κ1) is 18.7. The molecule has 0 radical (unpaired) electrons. The third kappa shape index (κ3) is 4.71. The van der Waals surface area contributed by atoms with Gasteiger partial charge in [-0.05, 0) is 38.0 Å². The molecular formula is C18H30N2O4. The van der Waals surface area contributed by atoms with Gasteiger partial charge in [-0.25, -0.2) is 0 Å². The van der Waals surface area contributed by atoms with Gasteiger partial charge in [-0.2, -0.15) is 0 Å². The van der Waals surface area contributed by atoms with Crippen molar-refractivity contribution in [2.75, 3.05) is 13.1 Å². The third-order valence-electron chi connectivity index (χ3n) is 5.46. The molecule has 2 atom stereocenters. The summed E-state index contributed by atoms with van der Waals surface area (Å²) in [5.41, 5.74) is 0. The normalized spacial score (nSPS) is 28.7. The first-order chi connectivity index (χ1) is 11.4. The number of aliphatic carboxylic acids is 1. The van der Waals surface area contributed by atoms with Gasteiger partial charge in [0.1, 0.15) is 0 Å².